The van der Waals surface area contributed by atoms with E-state index in [-0.39, 0.29) is 0 Å². The standard InChI is InChI=1S/C15H24ClN3O/c1-2-20-15-4-3-14(16)11-13(15)12-18-7-10-19-8-5-17-6-9-19/h3-4,11,17-18H,2,5-10,12H2,1H3. The van der Waals surface area contributed by atoms with Crippen LogP contribution in [-0.2, 0) is 6.54 Å². The van der Waals surface area contributed by atoms with Crippen molar-refractivity contribution in [2.24, 2.45) is 0 Å². The van der Waals surface area contributed by atoms with Gasteiger partial charge in [0.25, 0.3) is 0 Å². The second-order valence-corrected chi connectivity index (χ2v) is 5.39. The first-order chi connectivity index (χ1) is 9.79. The zero-order valence-corrected chi connectivity index (χ0v) is 12.9. The first-order valence-electron chi connectivity index (χ1n) is 7.34. The van der Waals surface area contributed by atoms with Gasteiger partial charge in [0, 0.05) is 56.4 Å². The van der Waals surface area contributed by atoms with Gasteiger partial charge in [-0.1, -0.05) is 11.6 Å². The molecule has 1 fully saturated rings. The van der Waals surface area contributed by atoms with Crippen LogP contribution in [0.5, 0.6) is 5.75 Å². The van der Waals surface area contributed by atoms with E-state index in [1.165, 1.54) is 0 Å². The lowest BCUT2D eigenvalue weighted by Crippen LogP contribution is -2.45. The molecule has 1 aromatic carbocycles. The smallest absolute Gasteiger partial charge is 0.123 e. The van der Waals surface area contributed by atoms with Crippen molar-refractivity contribution in [3.8, 4) is 5.75 Å². The molecule has 0 atom stereocenters. The highest BCUT2D eigenvalue weighted by atomic mass is 35.5. The van der Waals surface area contributed by atoms with Gasteiger partial charge in [0.05, 0.1) is 6.61 Å². The summed E-state index contributed by atoms with van der Waals surface area (Å²) in [6.07, 6.45) is 0. The van der Waals surface area contributed by atoms with Crippen LogP contribution < -0.4 is 15.4 Å². The van der Waals surface area contributed by atoms with Crippen molar-refractivity contribution in [2.75, 3.05) is 45.9 Å². The Morgan fingerprint density at radius 1 is 1.35 bits per heavy atom. The van der Waals surface area contributed by atoms with E-state index in [9.17, 15) is 0 Å². The highest BCUT2D eigenvalue weighted by Crippen LogP contribution is 2.22. The summed E-state index contributed by atoms with van der Waals surface area (Å²) in [5, 5.41) is 7.60. The van der Waals surface area contributed by atoms with Gasteiger partial charge in [0.1, 0.15) is 5.75 Å². The third-order valence-corrected chi connectivity index (χ3v) is 3.69. The molecule has 2 N–H and O–H groups in total. The molecule has 0 radical (unpaired) electrons. The van der Waals surface area contributed by atoms with Gasteiger partial charge in [0.2, 0.25) is 0 Å². The van der Waals surface area contributed by atoms with Crippen molar-refractivity contribution in [3.05, 3.63) is 28.8 Å². The van der Waals surface area contributed by atoms with E-state index >= 15 is 0 Å². The molecule has 2 rings (SSSR count). The van der Waals surface area contributed by atoms with Crippen molar-refractivity contribution in [3.63, 3.8) is 0 Å². The molecule has 5 heteroatoms. The molecule has 0 aromatic heterocycles. The van der Waals surface area contributed by atoms with Gasteiger partial charge in [-0.05, 0) is 25.1 Å². The summed E-state index contributed by atoms with van der Waals surface area (Å²) in [6, 6.07) is 5.79. The van der Waals surface area contributed by atoms with Crippen LogP contribution in [0.15, 0.2) is 18.2 Å². The fourth-order valence-electron chi connectivity index (χ4n) is 2.38. The number of rotatable bonds is 7. The Labute approximate surface area is 126 Å². The van der Waals surface area contributed by atoms with Crippen molar-refractivity contribution in [2.45, 2.75) is 13.5 Å². The van der Waals surface area contributed by atoms with Crippen LogP contribution in [0.1, 0.15) is 12.5 Å². The lowest BCUT2D eigenvalue weighted by molar-refractivity contribution is 0.241. The molecule has 1 aliphatic heterocycles. The van der Waals surface area contributed by atoms with Crippen LogP contribution in [0.25, 0.3) is 0 Å². The van der Waals surface area contributed by atoms with E-state index in [0.29, 0.717) is 6.61 Å². The number of benzene rings is 1. The Morgan fingerprint density at radius 2 is 2.15 bits per heavy atom. The van der Waals surface area contributed by atoms with Gasteiger partial charge in [-0.15, -0.1) is 0 Å². The largest absolute Gasteiger partial charge is 0.494 e. The molecular weight excluding hydrogens is 274 g/mol. The van der Waals surface area contributed by atoms with Crippen LogP contribution in [0.3, 0.4) is 0 Å². The lowest BCUT2D eigenvalue weighted by Gasteiger charge is -2.27. The van der Waals surface area contributed by atoms with E-state index < -0.39 is 0 Å². The third kappa shape index (κ3) is 4.94. The summed E-state index contributed by atoms with van der Waals surface area (Å²) in [6.45, 7) is 10.0. The molecule has 0 amide bonds. The normalized spacial score (nSPS) is 16.3. The Morgan fingerprint density at radius 3 is 2.90 bits per heavy atom. The molecule has 1 heterocycles. The Kier molecular flexibility index (Phi) is 6.60. The summed E-state index contributed by atoms with van der Waals surface area (Å²) in [7, 11) is 0. The Balaban J connectivity index is 1.76. The molecule has 0 saturated carbocycles. The molecule has 20 heavy (non-hydrogen) atoms. The Bertz CT molecular complexity index is 408. The summed E-state index contributed by atoms with van der Waals surface area (Å²) in [5.74, 6) is 0.923. The van der Waals surface area contributed by atoms with Gasteiger partial charge in [-0.25, -0.2) is 0 Å². The summed E-state index contributed by atoms with van der Waals surface area (Å²) >= 11 is 6.05. The maximum Gasteiger partial charge on any atom is 0.123 e. The second-order valence-electron chi connectivity index (χ2n) is 4.95. The van der Waals surface area contributed by atoms with E-state index in [2.05, 4.69) is 15.5 Å². The molecule has 1 aliphatic rings. The lowest BCUT2D eigenvalue weighted by atomic mass is 10.2. The molecule has 0 unspecified atom stereocenters. The maximum atomic E-state index is 6.05. The second kappa shape index (κ2) is 8.47. The van der Waals surface area contributed by atoms with Gasteiger partial charge in [0.15, 0.2) is 0 Å². The van der Waals surface area contributed by atoms with E-state index in [1.54, 1.807) is 0 Å². The van der Waals surface area contributed by atoms with Gasteiger partial charge < -0.3 is 15.4 Å². The maximum absolute atomic E-state index is 6.05. The number of nitrogens with zero attached hydrogens (tertiary/aromatic N) is 1. The minimum Gasteiger partial charge on any atom is -0.494 e. The topological polar surface area (TPSA) is 36.5 Å². The zero-order valence-electron chi connectivity index (χ0n) is 12.1. The SMILES string of the molecule is CCOc1ccc(Cl)cc1CNCCN1CCNCC1. The molecular formula is C15H24ClN3O. The summed E-state index contributed by atoms with van der Waals surface area (Å²) in [5.41, 5.74) is 1.12. The minimum atomic E-state index is 0.676. The molecule has 0 bridgehead atoms. The predicted octanol–water partition coefficient (Wildman–Crippen LogP) is 1.73. The Hall–Kier alpha value is -0.810. The van der Waals surface area contributed by atoms with Crippen LogP contribution in [-0.4, -0.2) is 50.8 Å². The van der Waals surface area contributed by atoms with E-state index in [0.717, 1.165) is 62.1 Å². The summed E-state index contributed by atoms with van der Waals surface area (Å²) < 4.78 is 5.62. The van der Waals surface area contributed by atoms with Crippen molar-refractivity contribution in [1.82, 2.24) is 15.5 Å². The van der Waals surface area contributed by atoms with Crippen molar-refractivity contribution in [1.29, 1.82) is 0 Å². The first-order valence-corrected chi connectivity index (χ1v) is 7.72. The minimum absolute atomic E-state index is 0.676. The fraction of sp³-hybridized carbons (Fsp3) is 0.600. The molecule has 4 nitrogen and oxygen atoms in total. The molecule has 0 aliphatic carbocycles. The number of hydrogen-bond donors (Lipinski definition) is 2. The monoisotopic (exact) mass is 297 g/mol. The third-order valence-electron chi connectivity index (χ3n) is 3.45. The molecule has 0 spiro atoms. The van der Waals surface area contributed by atoms with E-state index in [4.69, 9.17) is 16.3 Å². The van der Waals surface area contributed by atoms with Crippen LogP contribution in [0, 0.1) is 0 Å². The average molecular weight is 298 g/mol. The van der Waals surface area contributed by atoms with E-state index in [1.807, 2.05) is 25.1 Å². The predicted molar refractivity (Wildman–Crippen MR) is 83.6 cm³/mol. The van der Waals surface area contributed by atoms with Crippen LogP contribution in [0.4, 0.5) is 0 Å². The van der Waals surface area contributed by atoms with Crippen LogP contribution in [0.2, 0.25) is 5.02 Å². The number of nitrogens with one attached hydrogen (secondary N) is 2. The van der Waals surface area contributed by atoms with Crippen molar-refractivity contribution < 1.29 is 4.74 Å². The average Bonchev–Trinajstić information content (AvgIpc) is 2.47. The van der Waals surface area contributed by atoms with Crippen LogP contribution >= 0.6 is 11.6 Å². The highest BCUT2D eigenvalue weighted by Gasteiger charge is 2.09. The van der Waals surface area contributed by atoms with Gasteiger partial charge in [-0.2, -0.15) is 0 Å². The number of ether oxygens (including phenoxy) is 1. The quantitative estimate of drug-likeness (QED) is 0.752. The molecule has 1 aromatic rings. The molecule has 1 saturated heterocycles. The van der Waals surface area contributed by atoms with Crippen molar-refractivity contribution >= 4 is 11.6 Å². The number of piperazine rings is 1. The first kappa shape index (κ1) is 15.6. The number of hydrogen-bond acceptors (Lipinski definition) is 4. The zero-order chi connectivity index (χ0) is 14.2. The molecule has 112 valence electrons. The van der Waals surface area contributed by atoms with Gasteiger partial charge in [-0.3, -0.25) is 4.90 Å². The fourth-order valence-corrected chi connectivity index (χ4v) is 2.57. The van der Waals surface area contributed by atoms with Gasteiger partial charge >= 0.3 is 0 Å². The highest BCUT2D eigenvalue weighted by molar-refractivity contribution is 6.30. The number of halogens is 1. The summed E-state index contributed by atoms with van der Waals surface area (Å²) in [4.78, 5) is 2.48.